The van der Waals surface area contributed by atoms with Crippen molar-refractivity contribution in [3.8, 4) is 0 Å². The van der Waals surface area contributed by atoms with Gasteiger partial charge in [-0.25, -0.2) is 4.39 Å². The van der Waals surface area contributed by atoms with Crippen LogP contribution in [-0.4, -0.2) is 15.0 Å². The molecule has 1 aromatic carbocycles. The van der Waals surface area contributed by atoms with Crippen molar-refractivity contribution in [2.75, 3.05) is 11.1 Å². The Morgan fingerprint density at radius 3 is 2.65 bits per heavy atom. The first kappa shape index (κ1) is 15.2. The summed E-state index contributed by atoms with van der Waals surface area (Å²) < 4.78 is 19.8. The lowest BCUT2D eigenvalue weighted by Gasteiger charge is -2.16. The van der Waals surface area contributed by atoms with Gasteiger partial charge in [-0.05, 0) is 32.9 Å². The maximum atomic E-state index is 14.0. The second kappa shape index (κ2) is 5.49. The van der Waals surface area contributed by atoms with Crippen molar-refractivity contribution < 1.29 is 8.81 Å². The summed E-state index contributed by atoms with van der Waals surface area (Å²) in [5, 5.41) is 4.08. The number of hydrogen-bond acceptors (Lipinski definition) is 6. The Labute approximate surface area is 133 Å². The van der Waals surface area contributed by atoms with E-state index in [4.69, 9.17) is 10.2 Å². The Morgan fingerprint density at radius 2 is 1.96 bits per heavy atom. The molecule has 120 valence electrons. The third-order valence-corrected chi connectivity index (χ3v) is 3.40. The van der Waals surface area contributed by atoms with E-state index in [1.165, 1.54) is 13.8 Å². The molecule has 0 aliphatic rings. The van der Waals surface area contributed by atoms with Crippen LogP contribution in [0.2, 0.25) is 0 Å². The topological polar surface area (TPSA) is 89.9 Å². The third kappa shape index (κ3) is 3.23. The van der Waals surface area contributed by atoms with Crippen LogP contribution in [0.5, 0.6) is 0 Å². The number of fused-ring (bicyclic) bond motifs is 1. The molecular formula is C16H18FN5O. The van der Waals surface area contributed by atoms with Crippen LogP contribution in [0.25, 0.3) is 11.0 Å². The predicted octanol–water partition coefficient (Wildman–Crippen LogP) is 3.58. The Morgan fingerprint density at radius 1 is 1.22 bits per heavy atom. The zero-order valence-electron chi connectivity index (χ0n) is 13.2. The molecule has 0 aliphatic heterocycles. The van der Waals surface area contributed by atoms with Gasteiger partial charge in [-0.15, -0.1) is 0 Å². The van der Waals surface area contributed by atoms with Crippen molar-refractivity contribution in [3.63, 3.8) is 0 Å². The molecule has 0 saturated carbocycles. The second-order valence-corrected chi connectivity index (χ2v) is 5.87. The molecule has 0 bridgehead atoms. The van der Waals surface area contributed by atoms with Gasteiger partial charge >= 0.3 is 0 Å². The molecule has 0 fully saturated rings. The number of para-hydroxylation sites is 1. The molecule has 2 heterocycles. The zero-order valence-corrected chi connectivity index (χ0v) is 13.2. The van der Waals surface area contributed by atoms with Crippen LogP contribution >= 0.6 is 0 Å². The van der Waals surface area contributed by atoms with Gasteiger partial charge in [-0.1, -0.05) is 18.2 Å². The number of anilines is 2. The Bertz CT molecular complexity index is 807. The lowest BCUT2D eigenvalue weighted by atomic mass is 10.1. The van der Waals surface area contributed by atoms with E-state index in [1.807, 2.05) is 37.3 Å². The minimum absolute atomic E-state index is 0.00990. The number of aromatic nitrogens is 3. The first-order valence-electron chi connectivity index (χ1n) is 7.29. The highest BCUT2D eigenvalue weighted by atomic mass is 19.1. The summed E-state index contributed by atoms with van der Waals surface area (Å²) in [6.07, 6.45) is 0. The summed E-state index contributed by atoms with van der Waals surface area (Å²) in [6.45, 7) is 4.64. The normalized spacial score (nSPS) is 13.2. The summed E-state index contributed by atoms with van der Waals surface area (Å²) in [5.74, 6) is 0.904. The summed E-state index contributed by atoms with van der Waals surface area (Å²) in [4.78, 5) is 11.9. The Kier molecular flexibility index (Phi) is 3.63. The number of rotatable bonds is 4. The third-order valence-electron chi connectivity index (χ3n) is 3.40. The highest BCUT2D eigenvalue weighted by molar-refractivity contribution is 5.77. The van der Waals surface area contributed by atoms with Gasteiger partial charge in [-0.3, -0.25) is 0 Å². The number of furan rings is 1. The average Bonchev–Trinajstić information content (AvgIpc) is 2.89. The summed E-state index contributed by atoms with van der Waals surface area (Å²) >= 11 is 0. The minimum atomic E-state index is -1.70. The second-order valence-electron chi connectivity index (χ2n) is 5.87. The van der Waals surface area contributed by atoms with Crippen LogP contribution in [0.3, 0.4) is 0 Å². The molecule has 6 nitrogen and oxygen atoms in total. The molecular weight excluding hydrogens is 297 g/mol. The van der Waals surface area contributed by atoms with Crippen molar-refractivity contribution >= 4 is 22.9 Å². The van der Waals surface area contributed by atoms with Gasteiger partial charge in [-0.2, -0.15) is 15.0 Å². The maximum Gasteiger partial charge on any atom is 0.228 e. The monoisotopic (exact) mass is 315 g/mol. The van der Waals surface area contributed by atoms with Gasteiger partial charge in [0.25, 0.3) is 0 Å². The highest BCUT2D eigenvalue weighted by Crippen LogP contribution is 2.26. The van der Waals surface area contributed by atoms with Crippen LogP contribution in [-0.2, 0) is 5.67 Å². The molecule has 0 spiro atoms. The van der Waals surface area contributed by atoms with Crippen molar-refractivity contribution in [3.05, 3.63) is 41.9 Å². The van der Waals surface area contributed by atoms with Crippen LogP contribution in [0, 0.1) is 0 Å². The number of nitrogen functional groups attached to an aromatic ring is 1. The first-order valence-corrected chi connectivity index (χ1v) is 7.29. The molecule has 1 atom stereocenters. The molecule has 7 heteroatoms. The highest BCUT2D eigenvalue weighted by Gasteiger charge is 2.24. The Hall–Kier alpha value is -2.70. The van der Waals surface area contributed by atoms with Crippen LogP contribution in [0.1, 0.15) is 38.4 Å². The average molecular weight is 315 g/mol. The molecule has 3 rings (SSSR count). The van der Waals surface area contributed by atoms with E-state index in [9.17, 15) is 4.39 Å². The van der Waals surface area contributed by atoms with Gasteiger partial charge in [0.15, 0.2) is 11.5 Å². The van der Waals surface area contributed by atoms with Gasteiger partial charge in [0, 0.05) is 5.39 Å². The molecule has 3 aromatic rings. The fourth-order valence-electron chi connectivity index (χ4n) is 2.20. The SMILES string of the molecule is CC(Nc1nc(N)nc(C(C)(C)F)n1)c1cc2ccccc2o1. The lowest BCUT2D eigenvalue weighted by Crippen LogP contribution is -2.19. The molecule has 0 amide bonds. The van der Waals surface area contributed by atoms with Gasteiger partial charge < -0.3 is 15.5 Å². The number of alkyl halides is 1. The van der Waals surface area contributed by atoms with E-state index in [2.05, 4.69) is 20.3 Å². The van der Waals surface area contributed by atoms with E-state index in [-0.39, 0.29) is 23.8 Å². The Balaban J connectivity index is 1.87. The number of benzene rings is 1. The minimum Gasteiger partial charge on any atom is -0.459 e. The first-order chi connectivity index (χ1) is 10.8. The summed E-state index contributed by atoms with van der Waals surface area (Å²) in [7, 11) is 0. The van der Waals surface area contributed by atoms with Crippen molar-refractivity contribution in [1.82, 2.24) is 15.0 Å². The molecule has 0 saturated heterocycles. The molecule has 23 heavy (non-hydrogen) atoms. The van der Waals surface area contributed by atoms with Crippen LogP contribution < -0.4 is 11.1 Å². The lowest BCUT2D eigenvalue weighted by molar-refractivity contribution is 0.206. The smallest absolute Gasteiger partial charge is 0.228 e. The number of nitrogens with two attached hydrogens (primary N) is 1. The van der Waals surface area contributed by atoms with Gasteiger partial charge in [0.05, 0.1) is 6.04 Å². The maximum absolute atomic E-state index is 14.0. The van der Waals surface area contributed by atoms with E-state index >= 15 is 0 Å². The van der Waals surface area contributed by atoms with E-state index < -0.39 is 5.67 Å². The largest absolute Gasteiger partial charge is 0.459 e. The number of nitrogens with one attached hydrogen (secondary N) is 1. The van der Waals surface area contributed by atoms with Crippen LogP contribution in [0.4, 0.5) is 16.3 Å². The quantitative estimate of drug-likeness (QED) is 0.765. The molecule has 3 N–H and O–H groups in total. The molecule has 1 unspecified atom stereocenters. The molecule has 2 aromatic heterocycles. The molecule has 0 radical (unpaired) electrons. The predicted molar refractivity (Wildman–Crippen MR) is 86.6 cm³/mol. The standard InChI is InChI=1S/C16H18FN5O/c1-9(12-8-10-6-4-5-7-11(10)23-12)19-15-21-13(16(2,3)17)20-14(18)22-15/h4-9H,1-3H3,(H3,18,19,20,21,22). The summed E-state index contributed by atoms with van der Waals surface area (Å²) in [5.41, 5.74) is 4.74. The zero-order chi connectivity index (χ0) is 16.6. The summed E-state index contributed by atoms with van der Waals surface area (Å²) in [6, 6.07) is 9.46. The van der Waals surface area contributed by atoms with E-state index in [0.717, 1.165) is 16.7 Å². The van der Waals surface area contributed by atoms with E-state index in [1.54, 1.807) is 0 Å². The van der Waals surface area contributed by atoms with Crippen LogP contribution in [0.15, 0.2) is 34.7 Å². The van der Waals surface area contributed by atoms with Crippen molar-refractivity contribution in [2.24, 2.45) is 0 Å². The van der Waals surface area contributed by atoms with Gasteiger partial charge in [0.2, 0.25) is 11.9 Å². The van der Waals surface area contributed by atoms with Gasteiger partial charge in [0.1, 0.15) is 11.3 Å². The fourth-order valence-corrected chi connectivity index (χ4v) is 2.20. The van der Waals surface area contributed by atoms with Crippen molar-refractivity contribution in [1.29, 1.82) is 0 Å². The number of halogens is 1. The molecule has 0 aliphatic carbocycles. The number of hydrogen-bond donors (Lipinski definition) is 2. The van der Waals surface area contributed by atoms with Crippen molar-refractivity contribution in [2.45, 2.75) is 32.5 Å². The number of nitrogens with zero attached hydrogens (tertiary/aromatic N) is 3. The van der Waals surface area contributed by atoms with E-state index in [0.29, 0.717) is 0 Å². The fraction of sp³-hybridized carbons (Fsp3) is 0.312.